The Bertz CT molecular complexity index is 271. The first-order valence-corrected chi connectivity index (χ1v) is 5.49. The van der Waals surface area contributed by atoms with Crippen LogP contribution in [0.25, 0.3) is 0 Å². The van der Waals surface area contributed by atoms with Crippen molar-refractivity contribution in [2.75, 3.05) is 0 Å². The Hall–Kier alpha value is -0.680. The van der Waals surface area contributed by atoms with Crippen LogP contribution in [0, 0.1) is 0 Å². The van der Waals surface area contributed by atoms with Crippen LogP contribution in [0.2, 0.25) is 0 Å². The lowest BCUT2D eigenvalue weighted by Crippen LogP contribution is -2.36. The van der Waals surface area contributed by atoms with Crippen LogP contribution in [-0.4, -0.2) is 21.9 Å². The molecule has 1 amide bonds. The number of hydrogen-bond donors (Lipinski definition) is 3. The predicted molar refractivity (Wildman–Crippen MR) is 50.2 cm³/mol. The Morgan fingerprint density at radius 2 is 2.14 bits per heavy atom. The smallest absolute Gasteiger partial charge is 0.326 e. The van der Waals surface area contributed by atoms with Gasteiger partial charge >= 0.3 is 7.82 Å². The van der Waals surface area contributed by atoms with E-state index in [2.05, 4.69) is 16.4 Å². The molecule has 0 aliphatic carbocycles. The first kappa shape index (κ1) is 13.3. The van der Waals surface area contributed by atoms with E-state index in [1.807, 2.05) is 0 Å². The molecule has 1 unspecified atom stereocenters. The van der Waals surface area contributed by atoms with Crippen LogP contribution >= 0.6 is 7.82 Å². The van der Waals surface area contributed by atoms with Gasteiger partial charge in [-0.15, -0.1) is 0 Å². The lowest BCUT2D eigenvalue weighted by atomic mass is 10.3. The van der Waals surface area contributed by atoms with Gasteiger partial charge in [0.25, 0.3) is 0 Å². The van der Waals surface area contributed by atoms with Gasteiger partial charge < -0.3 is 15.1 Å². The second-order valence-corrected chi connectivity index (χ2v) is 3.94. The number of nitrogens with one attached hydrogen (secondary N) is 1. The van der Waals surface area contributed by atoms with Gasteiger partial charge in [0.2, 0.25) is 5.91 Å². The number of phosphoric ester groups is 1. The number of carbonyl (C=O) groups is 1. The van der Waals surface area contributed by atoms with Crippen molar-refractivity contribution in [1.29, 1.82) is 0 Å². The first-order valence-electron chi connectivity index (χ1n) is 3.96. The highest BCUT2D eigenvalue weighted by Gasteiger charge is 2.22. The van der Waals surface area contributed by atoms with Gasteiger partial charge in [-0.1, -0.05) is 13.5 Å². The summed E-state index contributed by atoms with van der Waals surface area (Å²) in [7, 11) is -4.57. The maximum atomic E-state index is 11.1. The zero-order valence-electron chi connectivity index (χ0n) is 8.06. The molecule has 0 saturated heterocycles. The molecule has 0 aromatic heterocycles. The van der Waals surface area contributed by atoms with Gasteiger partial charge in [0, 0.05) is 5.57 Å². The van der Waals surface area contributed by atoms with Crippen molar-refractivity contribution in [1.82, 2.24) is 5.32 Å². The number of phosphoric acid groups is 1. The molecular formula is C7H14NO5P. The molecule has 0 aromatic carbocycles. The molecule has 0 saturated carbocycles. The molecule has 6 nitrogen and oxygen atoms in total. The first-order chi connectivity index (χ1) is 6.26. The summed E-state index contributed by atoms with van der Waals surface area (Å²) in [5.74, 6) is -0.495. The summed E-state index contributed by atoms with van der Waals surface area (Å²) in [4.78, 5) is 28.0. The fourth-order valence-electron chi connectivity index (χ4n) is 0.638. The van der Waals surface area contributed by atoms with E-state index >= 15 is 0 Å². The summed E-state index contributed by atoms with van der Waals surface area (Å²) in [6, 6.07) is 0. The maximum Gasteiger partial charge on any atom is 0.471 e. The monoisotopic (exact) mass is 223 g/mol. The van der Waals surface area contributed by atoms with Gasteiger partial charge in [-0.05, 0) is 13.3 Å². The van der Waals surface area contributed by atoms with Crippen molar-refractivity contribution < 1.29 is 23.7 Å². The van der Waals surface area contributed by atoms with E-state index in [1.165, 1.54) is 6.92 Å². The van der Waals surface area contributed by atoms with Crippen molar-refractivity contribution in [3.63, 3.8) is 0 Å². The van der Waals surface area contributed by atoms with E-state index in [1.54, 1.807) is 6.92 Å². The average Bonchev–Trinajstić information content (AvgIpc) is 2.00. The van der Waals surface area contributed by atoms with E-state index in [4.69, 9.17) is 9.79 Å². The fourth-order valence-corrected chi connectivity index (χ4v) is 1.17. The molecular weight excluding hydrogens is 209 g/mol. The number of hydrogen-bond acceptors (Lipinski definition) is 3. The summed E-state index contributed by atoms with van der Waals surface area (Å²) in [5, 5.41) is 2.27. The summed E-state index contributed by atoms with van der Waals surface area (Å²) >= 11 is 0. The highest BCUT2D eigenvalue weighted by molar-refractivity contribution is 7.46. The molecule has 1 atom stereocenters. The molecule has 0 aliphatic heterocycles. The molecule has 0 heterocycles. The van der Waals surface area contributed by atoms with Gasteiger partial charge in [0.05, 0.1) is 0 Å². The molecule has 0 spiro atoms. The fraction of sp³-hybridized carbons (Fsp3) is 0.571. The van der Waals surface area contributed by atoms with Gasteiger partial charge in [0.1, 0.15) is 6.23 Å². The standard InChI is InChI=1S/C7H14NO5P/c1-4-6(13-14(10,11)12)8-7(9)5(2)3/h6H,2,4H2,1,3H3,(H,8,9)(H2,10,11,12). The lowest BCUT2D eigenvalue weighted by Gasteiger charge is -2.17. The van der Waals surface area contributed by atoms with Crippen molar-refractivity contribution in [3.8, 4) is 0 Å². The quantitative estimate of drug-likeness (QED) is 0.359. The normalized spacial score (nSPS) is 13.4. The molecule has 7 heteroatoms. The van der Waals surface area contributed by atoms with Crippen LogP contribution < -0.4 is 5.32 Å². The molecule has 0 bridgehead atoms. The van der Waals surface area contributed by atoms with Gasteiger partial charge in [-0.3, -0.25) is 9.32 Å². The SMILES string of the molecule is C=C(C)C(=O)NC(CC)OP(=O)(O)O. The molecule has 0 aromatic rings. The number of carbonyl (C=O) groups excluding carboxylic acids is 1. The summed E-state index contributed by atoms with van der Waals surface area (Å²) < 4.78 is 14.8. The largest absolute Gasteiger partial charge is 0.471 e. The van der Waals surface area contributed by atoms with Crippen LogP contribution in [0.1, 0.15) is 20.3 Å². The van der Waals surface area contributed by atoms with Crippen LogP contribution in [-0.2, 0) is 13.9 Å². The van der Waals surface area contributed by atoms with Crippen LogP contribution in [0.3, 0.4) is 0 Å². The Balaban J connectivity index is 4.24. The second-order valence-electron chi connectivity index (χ2n) is 2.75. The minimum absolute atomic E-state index is 0.248. The molecule has 82 valence electrons. The van der Waals surface area contributed by atoms with Crippen LogP contribution in [0.5, 0.6) is 0 Å². The Labute approximate surface area is 82.2 Å². The van der Waals surface area contributed by atoms with Crippen LogP contribution in [0.4, 0.5) is 0 Å². The van der Waals surface area contributed by atoms with Crippen molar-refractivity contribution >= 4 is 13.7 Å². The Kier molecular flexibility index (Phi) is 5.01. The number of amides is 1. The third-order valence-electron chi connectivity index (χ3n) is 1.32. The molecule has 0 aliphatic rings. The molecule has 0 rings (SSSR count). The Morgan fingerprint density at radius 3 is 2.43 bits per heavy atom. The highest BCUT2D eigenvalue weighted by atomic mass is 31.2. The predicted octanol–water partition coefficient (Wildman–Crippen LogP) is 0.524. The number of rotatable bonds is 5. The third kappa shape index (κ3) is 5.88. The second kappa shape index (κ2) is 5.26. The van der Waals surface area contributed by atoms with Gasteiger partial charge in [-0.25, -0.2) is 4.57 Å². The van der Waals surface area contributed by atoms with Gasteiger partial charge in [-0.2, -0.15) is 0 Å². The maximum absolute atomic E-state index is 11.1. The molecule has 0 fully saturated rings. The summed E-state index contributed by atoms with van der Waals surface area (Å²) in [6.07, 6.45) is -0.746. The molecule has 0 radical (unpaired) electrons. The minimum Gasteiger partial charge on any atom is -0.326 e. The molecule has 3 N–H and O–H groups in total. The van der Waals surface area contributed by atoms with Crippen LogP contribution in [0.15, 0.2) is 12.2 Å². The van der Waals surface area contributed by atoms with E-state index < -0.39 is 20.0 Å². The third-order valence-corrected chi connectivity index (χ3v) is 1.84. The zero-order valence-corrected chi connectivity index (χ0v) is 8.95. The van der Waals surface area contributed by atoms with E-state index in [0.717, 1.165) is 0 Å². The highest BCUT2D eigenvalue weighted by Crippen LogP contribution is 2.37. The Morgan fingerprint density at radius 1 is 1.64 bits per heavy atom. The van der Waals surface area contributed by atoms with E-state index in [9.17, 15) is 9.36 Å². The summed E-state index contributed by atoms with van der Waals surface area (Å²) in [5.41, 5.74) is 0.248. The van der Waals surface area contributed by atoms with Gasteiger partial charge in [0.15, 0.2) is 0 Å². The van der Waals surface area contributed by atoms with E-state index in [-0.39, 0.29) is 12.0 Å². The summed E-state index contributed by atoms with van der Waals surface area (Å²) in [6.45, 7) is 6.49. The zero-order chi connectivity index (χ0) is 11.4. The molecule has 14 heavy (non-hydrogen) atoms. The van der Waals surface area contributed by atoms with Crippen molar-refractivity contribution in [2.45, 2.75) is 26.5 Å². The minimum atomic E-state index is -4.57. The topological polar surface area (TPSA) is 95.9 Å². The average molecular weight is 223 g/mol. The lowest BCUT2D eigenvalue weighted by molar-refractivity contribution is -0.120. The van der Waals surface area contributed by atoms with Crippen molar-refractivity contribution in [2.24, 2.45) is 0 Å². The van der Waals surface area contributed by atoms with E-state index in [0.29, 0.717) is 0 Å². The van der Waals surface area contributed by atoms with Crippen molar-refractivity contribution in [3.05, 3.63) is 12.2 Å².